The second kappa shape index (κ2) is 6.22. The first-order valence-corrected chi connectivity index (χ1v) is 7.27. The molecule has 1 aliphatic rings. The lowest BCUT2D eigenvalue weighted by atomic mass is 9.83. The number of aliphatic hydroxyl groups is 1. The average Bonchev–Trinajstić information content (AvgIpc) is 2.80. The lowest BCUT2D eigenvalue weighted by molar-refractivity contribution is 0.00706. The van der Waals surface area contributed by atoms with E-state index in [0.717, 1.165) is 0 Å². The zero-order valence-corrected chi connectivity index (χ0v) is 13.1. The van der Waals surface area contributed by atoms with Crippen molar-refractivity contribution in [2.45, 2.75) is 44.4 Å². The van der Waals surface area contributed by atoms with Gasteiger partial charge in [-0.25, -0.2) is 9.18 Å². The minimum absolute atomic E-state index is 0.289. The van der Waals surface area contributed by atoms with Crippen molar-refractivity contribution in [3.8, 4) is 0 Å². The summed E-state index contributed by atoms with van der Waals surface area (Å²) in [5.74, 6) is -0.456. The molecule has 5 nitrogen and oxygen atoms in total. The van der Waals surface area contributed by atoms with Crippen LogP contribution in [0.3, 0.4) is 0 Å². The molecule has 1 saturated heterocycles. The molecule has 1 heterocycles. The Bertz CT molecular complexity index is 543. The molecule has 1 amide bonds. The van der Waals surface area contributed by atoms with Crippen molar-refractivity contribution in [3.05, 3.63) is 35.6 Å². The Kier molecular flexibility index (Phi) is 4.72. The Balaban J connectivity index is 2.36. The monoisotopic (exact) mass is 311 g/mol. The van der Waals surface area contributed by atoms with Gasteiger partial charge in [0.1, 0.15) is 23.1 Å². The number of hydrogen-bond acceptors (Lipinski definition) is 4. The van der Waals surface area contributed by atoms with E-state index in [2.05, 4.69) is 5.32 Å². The molecule has 0 bridgehead atoms. The fourth-order valence-corrected chi connectivity index (χ4v) is 2.70. The number of alkyl carbamates (subject to hydrolysis) is 1. The minimum atomic E-state index is -1.14. The summed E-state index contributed by atoms with van der Waals surface area (Å²) < 4.78 is 25.0. The van der Waals surface area contributed by atoms with Crippen LogP contribution in [0.4, 0.5) is 9.18 Å². The van der Waals surface area contributed by atoms with Crippen molar-refractivity contribution in [1.29, 1.82) is 0 Å². The highest BCUT2D eigenvalue weighted by Crippen LogP contribution is 2.37. The molecule has 0 saturated carbocycles. The third kappa shape index (κ3) is 3.39. The molecule has 0 unspecified atom stereocenters. The van der Waals surface area contributed by atoms with E-state index >= 15 is 0 Å². The largest absolute Gasteiger partial charge is 0.444 e. The van der Waals surface area contributed by atoms with Gasteiger partial charge in [0.05, 0.1) is 6.61 Å². The summed E-state index contributed by atoms with van der Waals surface area (Å²) in [7, 11) is 0. The highest BCUT2D eigenvalue weighted by molar-refractivity contribution is 5.69. The average molecular weight is 311 g/mol. The van der Waals surface area contributed by atoms with Crippen LogP contribution in [0, 0.1) is 5.82 Å². The van der Waals surface area contributed by atoms with Crippen molar-refractivity contribution in [2.75, 3.05) is 13.2 Å². The number of aliphatic hydroxyl groups excluding tert-OH is 1. The smallest absolute Gasteiger partial charge is 0.408 e. The number of benzene rings is 1. The number of carbonyl (C=O) groups excluding carboxylic acids is 1. The van der Waals surface area contributed by atoms with E-state index in [1.807, 2.05) is 0 Å². The van der Waals surface area contributed by atoms with E-state index in [4.69, 9.17) is 9.47 Å². The summed E-state index contributed by atoms with van der Waals surface area (Å²) in [5.41, 5.74) is -1.52. The molecule has 1 fully saturated rings. The first-order valence-electron chi connectivity index (χ1n) is 7.27. The predicted molar refractivity (Wildman–Crippen MR) is 78.9 cm³/mol. The second-order valence-electron chi connectivity index (χ2n) is 6.37. The van der Waals surface area contributed by atoms with Gasteiger partial charge in [0.15, 0.2) is 0 Å². The normalized spacial score (nSPS) is 25.0. The zero-order valence-electron chi connectivity index (χ0n) is 13.1. The first kappa shape index (κ1) is 16.7. The molecule has 2 atom stereocenters. The number of rotatable bonds is 3. The van der Waals surface area contributed by atoms with Crippen molar-refractivity contribution < 1.29 is 23.8 Å². The van der Waals surface area contributed by atoms with Crippen molar-refractivity contribution in [2.24, 2.45) is 0 Å². The van der Waals surface area contributed by atoms with E-state index in [1.165, 1.54) is 6.07 Å². The van der Waals surface area contributed by atoms with Crippen LogP contribution < -0.4 is 5.32 Å². The summed E-state index contributed by atoms with van der Waals surface area (Å²) in [6.07, 6.45) is -1.03. The standard InChI is InChI=1S/C16H22FNO4/c1-15(2,3)22-14(20)18-16(8-9-21-13(16)10-19)11-6-4-5-7-12(11)17/h4-7,13,19H,8-10H2,1-3H3,(H,18,20)/t13-,16+/m0/s1. The molecule has 0 radical (unpaired) electrons. The molecule has 1 aromatic carbocycles. The quantitative estimate of drug-likeness (QED) is 0.899. The van der Waals surface area contributed by atoms with Crippen molar-refractivity contribution in [3.63, 3.8) is 0 Å². The molecule has 0 aromatic heterocycles. The lowest BCUT2D eigenvalue weighted by Crippen LogP contribution is -2.54. The van der Waals surface area contributed by atoms with E-state index in [1.54, 1.807) is 39.0 Å². The van der Waals surface area contributed by atoms with Crippen LogP contribution in [0.15, 0.2) is 24.3 Å². The Hall–Kier alpha value is -1.66. The minimum Gasteiger partial charge on any atom is -0.444 e. The molecule has 122 valence electrons. The number of nitrogens with one attached hydrogen (secondary N) is 1. The van der Waals surface area contributed by atoms with E-state index in [9.17, 15) is 14.3 Å². The number of carbonyl (C=O) groups is 1. The Morgan fingerprint density at radius 1 is 1.50 bits per heavy atom. The van der Waals surface area contributed by atoms with Gasteiger partial charge in [-0.3, -0.25) is 0 Å². The summed E-state index contributed by atoms with van der Waals surface area (Å²) in [6, 6.07) is 6.16. The maximum absolute atomic E-state index is 14.3. The first-order chi connectivity index (χ1) is 10.3. The molecule has 2 rings (SSSR count). The second-order valence-corrected chi connectivity index (χ2v) is 6.37. The molecule has 2 N–H and O–H groups in total. The fraction of sp³-hybridized carbons (Fsp3) is 0.562. The molecular weight excluding hydrogens is 289 g/mol. The number of amides is 1. The molecule has 6 heteroatoms. The van der Waals surface area contributed by atoms with Gasteiger partial charge in [-0.1, -0.05) is 18.2 Å². The van der Waals surface area contributed by atoms with E-state index in [0.29, 0.717) is 13.0 Å². The maximum atomic E-state index is 14.3. The fourth-order valence-electron chi connectivity index (χ4n) is 2.70. The zero-order chi connectivity index (χ0) is 16.4. The van der Waals surface area contributed by atoms with Crippen molar-refractivity contribution in [1.82, 2.24) is 5.32 Å². The van der Waals surface area contributed by atoms with Crippen molar-refractivity contribution >= 4 is 6.09 Å². The van der Waals surface area contributed by atoms with E-state index < -0.39 is 29.2 Å². The number of ether oxygens (including phenoxy) is 2. The Labute approximate surface area is 129 Å². The topological polar surface area (TPSA) is 67.8 Å². The molecular formula is C16H22FNO4. The van der Waals surface area contributed by atoms with Gasteiger partial charge in [0, 0.05) is 18.6 Å². The maximum Gasteiger partial charge on any atom is 0.408 e. The predicted octanol–water partition coefficient (Wildman–Crippen LogP) is 2.33. The lowest BCUT2D eigenvalue weighted by Gasteiger charge is -2.35. The molecule has 22 heavy (non-hydrogen) atoms. The Morgan fingerprint density at radius 2 is 2.18 bits per heavy atom. The summed E-state index contributed by atoms with van der Waals surface area (Å²) >= 11 is 0. The highest BCUT2D eigenvalue weighted by Gasteiger charge is 2.48. The number of hydrogen-bond donors (Lipinski definition) is 2. The Morgan fingerprint density at radius 3 is 2.77 bits per heavy atom. The van der Waals surface area contributed by atoms with E-state index in [-0.39, 0.29) is 12.2 Å². The van der Waals surface area contributed by atoms with Gasteiger partial charge in [0.2, 0.25) is 0 Å². The third-order valence-corrected chi connectivity index (χ3v) is 3.61. The van der Waals surface area contributed by atoms with Gasteiger partial charge in [-0.2, -0.15) is 0 Å². The van der Waals surface area contributed by atoms with Gasteiger partial charge in [0.25, 0.3) is 0 Å². The van der Waals surface area contributed by atoms with Crippen LogP contribution in [0.1, 0.15) is 32.8 Å². The van der Waals surface area contributed by atoms with Crippen LogP contribution in [0.5, 0.6) is 0 Å². The molecule has 0 aliphatic carbocycles. The van der Waals surface area contributed by atoms with Crippen LogP contribution in [-0.4, -0.2) is 36.1 Å². The van der Waals surface area contributed by atoms with Crippen LogP contribution in [-0.2, 0) is 15.0 Å². The van der Waals surface area contributed by atoms with Gasteiger partial charge in [-0.05, 0) is 26.8 Å². The van der Waals surface area contributed by atoms with Gasteiger partial charge < -0.3 is 19.9 Å². The van der Waals surface area contributed by atoms with Gasteiger partial charge >= 0.3 is 6.09 Å². The summed E-state index contributed by atoms with van der Waals surface area (Å²) in [6.45, 7) is 5.23. The molecule has 1 aliphatic heterocycles. The third-order valence-electron chi connectivity index (χ3n) is 3.61. The van der Waals surface area contributed by atoms with Crippen LogP contribution in [0.25, 0.3) is 0 Å². The molecule has 1 aromatic rings. The van der Waals surface area contributed by atoms with Crippen LogP contribution in [0.2, 0.25) is 0 Å². The highest BCUT2D eigenvalue weighted by atomic mass is 19.1. The number of halogens is 1. The summed E-state index contributed by atoms with van der Waals surface area (Å²) in [4.78, 5) is 12.2. The molecule has 0 spiro atoms. The summed E-state index contributed by atoms with van der Waals surface area (Å²) in [5, 5.41) is 12.3. The van der Waals surface area contributed by atoms with Gasteiger partial charge in [-0.15, -0.1) is 0 Å². The SMILES string of the molecule is CC(C)(C)OC(=O)N[C@@]1(c2ccccc2F)CCO[C@H]1CO. The van der Waals surface area contributed by atoms with Crippen LogP contribution >= 0.6 is 0 Å².